The van der Waals surface area contributed by atoms with Gasteiger partial charge in [-0.3, -0.25) is 4.40 Å². The van der Waals surface area contributed by atoms with Crippen molar-refractivity contribution in [3.8, 4) is 34.1 Å². The van der Waals surface area contributed by atoms with Crippen molar-refractivity contribution in [3.63, 3.8) is 0 Å². The molecule has 43 heavy (non-hydrogen) atoms. The highest BCUT2D eigenvalue weighted by Crippen LogP contribution is 2.37. The average Bonchev–Trinajstić information content (AvgIpc) is 3.43. The molecule has 0 bridgehead atoms. The van der Waals surface area contributed by atoms with Crippen LogP contribution in [0.25, 0.3) is 28.3 Å². The van der Waals surface area contributed by atoms with Crippen LogP contribution >= 0.6 is 0 Å². The average molecular weight is 571 g/mol. The minimum Gasteiger partial charge on any atom is -0.493 e. The Hall–Kier alpha value is -5.21. The number of aromatic nitrogens is 4. The maximum Gasteiger partial charge on any atom is 0.227 e. The van der Waals surface area contributed by atoms with Crippen molar-refractivity contribution in [2.75, 3.05) is 33.1 Å². The van der Waals surface area contributed by atoms with Crippen LogP contribution in [0.2, 0.25) is 0 Å². The lowest BCUT2D eigenvalue weighted by Gasteiger charge is -2.13. The lowest BCUT2D eigenvalue weighted by molar-refractivity contribution is 0.284. The molecule has 0 aliphatic carbocycles. The molecule has 0 saturated carbocycles. The van der Waals surface area contributed by atoms with Gasteiger partial charge in [0.2, 0.25) is 5.95 Å². The summed E-state index contributed by atoms with van der Waals surface area (Å²) in [5.41, 5.74) is 7.40. The van der Waals surface area contributed by atoms with Crippen LogP contribution in [0.5, 0.6) is 11.5 Å². The van der Waals surface area contributed by atoms with Crippen molar-refractivity contribution in [1.82, 2.24) is 24.3 Å². The van der Waals surface area contributed by atoms with Crippen LogP contribution in [-0.4, -0.2) is 52.0 Å². The summed E-state index contributed by atoms with van der Waals surface area (Å²) < 4.78 is 13.9. The molecule has 6 rings (SSSR count). The quantitative estimate of drug-likeness (QED) is 0.182. The standard InChI is InChI=1S/C35H34N6O2/c1-40(2)21-18-25-12-9-13-28(22-25)37-35-36-19-17-29(38-35)34-33(39-32-14-7-8-20-41(32)34)27-15-16-30(31(23-27)42-3)43-24-26-10-5-4-6-11-26/h4-17,19-20,22-23H,18,21,24H2,1-3H3,(H,36,37,38). The first-order valence-corrected chi connectivity index (χ1v) is 14.2. The fourth-order valence-corrected chi connectivity index (χ4v) is 4.95. The summed E-state index contributed by atoms with van der Waals surface area (Å²) in [4.78, 5) is 16.6. The third-order valence-corrected chi connectivity index (χ3v) is 7.13. The third-order valence-electron chi connectivity index (χ3n) is 7.13. The van der Waals surface area contributed by atoms with E-state index < -0.39 is 0 Å². The highest BCUT2D eigenvalue weighted by atomic mass is 16.5. The van der Waals surface area contributed by atoms with E-state index in [0.717, 1.165) is 52.5 Å². The number of methoxy groups -OCH3 is 1. The van der Waals surface area contributed by atoms with Crippen molar-refractivity contribution >= 4 is 17.3 Å². The van der Waals surface area contributed by atoms with Crippen molar-refractivity contribution in [3.05, 3.63) is 121 Å². The number of benzene rings is 3. The van der Waals surface area contributed by atoms with E-state index >= 15 is 0 Å². The van der Waals surface area contributed by atoms with Gasteiger partial charge < -0.3 is 19.7 Å². The molecule has 0 radical (unpaired) electrons. The van der Waals surface area contributed by atoms with Crippen LogP contribution in [0.1, 0.15) is 11.1 Å². The Kier molecular flexibility index (Phi) is 8.28. The highest BCUT2D eigenvalue weighted by molar-refractivity contribution is 5.82. The van der Waals surface area contributed by atoms with Crippen molar-refractivity contribution in [1.29, 1.82) is 0 Å². The summed E-state index contributed by atoms with van der Waals surface area (Å²) in [6.45, 7) is 1.43. The predicted octanol–water partition coefficient (Wildman–Crippen LogP) is 6.89. The van der Waals surface area contributed by atoms with Gasteiger partial charge in [-0.15, -0.1) is 0 Å². The summed E-state index contributed by atoms with van der Waals surface area (Å²) >= 11 is 0. The van der Waals surface area contributed by atoms with Crippen LogP contribution < -0.4 is 14.8 Å². The first-order valence-electron chi connectivity index (χ1n) is 14.2. The first kappa shape index (κ1) is 27.9. The predicted molar refractivity (Wildman–Crippen MR) is 171 cm³/mol. The van der Waals surface area contributed by atoms with Gasteiger partial charge in [-0.1, -0.05) is 48.5 Å². The molecule has 3 aromatic heterocycles. The van der Waals surface area contributed by atoms with E-state index in [2.05, 4.69) is 51.9 Å². The number of likely N-dealkylation sites (N-methyl/N-ethyl adjacent to an activating group) is 1. The first-order chi connectivity index (χ1) is 21.1. The van der Waals surface area contributed by atoms with E-state index in [1.165, 1.54) is 5.56 Å². The Balaban J connectivity index is 1.33. The summed E-state index contributed by atoms with van der Waals surface area (Å²) in [5.74, 6) is 1.82. The topological polar surface area (TPSA) is 76.8 Å². The van der Waals surface area contributed by atoms with Gasteiger partial charge in [-0.25, -0.2) is 15.0 Å². The van der Waals surface area contributed by atoms with Crippen LogP contribution in [0.4, 0.5) is 11.6 Å². The minimum absolute atomic E-state index is 0.450. The van der Waals surface area contributed by atoms with Gasteiger partial charge in [0.25, 0.3) is 0 Å². The number of nitrogens with one attached hydrogen (secondary N) is 1. The summed E-state index contributed by atoms with van der Waals surface area (Å²) in [6.07, 6.45) is 4.74. The number of rotatable bonds is 11. The zero-order valence-electron chi connectivity index (χ0n) is 24.6. The van der Waals surface area contributed by atoms with Crippen molar-refractivity contribution < 1.29 is 9.47 Å². The molecule has 0 spiro atoms. The maximum absolute atomic E-state index is 6.10. The Bertz CT molecular complexity index is 1830. The van der Waals surface area contributed by atoms with E-state index in [0.29, 0.717) is 24.1 Å². The third kappa shape index (κ3) is 6.50. The van der Waals surface area contributed by atoms with Gasteiger partial charge in [0, 0.05) is 30.2 Å². The number of imidazole rings is 1. The lowest BCUT2D eigenvalue weighted by atomic mass is 10.1. The zero-order valence-corrected chi connectivity index (χ0v) is 24.6. The fraction of sp³-hybridized carbons (Fsp3) is 0.171. The molecular formula is C35H34N6O2. The van der Waals surface area contributed by atoms with E-state index in [9.17, 15) is 0 Å². The van der Waals surface area contributed by atoms with Crippen molar-refractivity contribution in [2.24, 2.45) is 0 Å². The maximum atomic E-state index is 6.10. The molecule has 0 aliphatic heterocycles. The Morgan fingerprint density at radius 2 is 1.65 bits per heavy atom. The van der Waals surface area contributed by atoms with Gasteiger partial charge in [0.05, 0.1) is 24.2 Å². The number of nitrogens with zero attached hydrogens (tertiary/aromatic N) is 5. The highest BCUT2D eigenvalue weighted by Gasteiger charge is 2.19. The summed E-state index contributed by atoms with van der Waals surface area (Å²) in [5, 5.41) is 3.39. The summed E-state index contributed by atoms with van der Waals surface area (Å²) in [6, 6.07) is 32.2. The fourth-order valence-electron chi connectivity index (χ4n) is 4.95. The second-order valence-electron chi connectivity index (χ2n) is 10.5. The number of hydrogen-bond donors (Lipinski definition) is 1. The second kappa shape index (κ2) is 12.8. The number of hydrogen-bond acceptors (Lipinski definition) is 7. The molecule has 3 heterocycles. The Morgan fingerprint density at radius 1 is 0.814 bits per heavy atom. The van der Waals surface area contributed by atoms with Gasteiger partial charge in [-0.05, 0) is 80.2 Å². The molecule has 6 aromatic rings. The van der Waals surface area contributed by atoms with Gasteiger partial charge in [0.1, 0.15) is 12.3 Å². The molecular weight excluding hydrogens is 536 g/mol. The second-order valence-corrected chi connectivity index (χ2v) is 10.5. The van der Waals surface area contributed by atoms with Gasteiger partial charge in [0.15, 0.2) is 11.5 Å². The molecule has 0 fully saturated rings. The minimum atomic E-state index is 0.450. The smallest absolute Gasteiger partial charge is 0.227 e. The number of pyridine rings is 1. The molecule has 0 amide bonds. The molecule has 216 valence electrons. The Labute approximate surface area is 251 Å². The molecule has 0 unspecified atom stereocenters. The molecule has 8 heteroatoms. The molecule has 1 N–H and O–H groups in total. The summed E-state index contributed by atoms with van der Waals surface area (Å²) in [7, 11) is 5.82. The van der Waals surface area contributed by atoms with Gasteiger partial charge >= 0.3 is 0 Å². The SMILES string of the molecule is COc1cc(-c2nc3ccccn3c2-c2ccnc(Nc3cccc(CCN(C)C)c3)n2)ccc1OCc1ccccc1. The van der Waals surface area contributed by atoms with E-state index in [-0.39, 0.29) is 0 Å². The van der Waals surface area contributed by atoms with Crippen LogP contribution in [0.15, 0.2) is 109 Å². The zero-order chi connectivity index (χ0) is 29.6. The molecule has 3 aromatic carbocycles. The molecule has 0 aliphatic rings. The normalized spacial score (nSPS) is 11.2. The van der Waals surface area contributed by atoms with Gasteiger partial charge in [-0.2, -0.15) is 0 Å². The Morgan fingerprint density at radius 3 is 2.49 bits per heavy atom. The molecule has 8 nitrogen and oxygen atoms in total. The number of ether oxygens (including phenoxy) is 2. The molecule has 0 atom stereocenters. The number of fused-ring (bicyclic) bond motifs is 1. The lowest BCUT2D eigenvalue weighted by Crippen LogP contribution is -2.15. The largest absolute Gasteiger partial charge is 0.493 e. The van der Waals surface area contributed by atoms with Crippen LogP contribution in [0.3, 0.4) is 0 Å². The monoisotopic (exact) mass is 570 g/mol. The van der Waals surface area contributed by atoms with Crippen LogP contribution in [0, 0.1) is 0 Å². The van der Waals surface area contributed by atoms with E-state index in [4.69, 9.17) is 19.4 Å². The van der Waals surface area contributed by atoms with Crippen LogP contribution in [-0.2, 0) is 13.0 Å². The number of anilines is 2. The van der Waals surface area contributed by atoms with E-state index in [1.807, 2.05) is 85.1 Å². The van der Waals surface area contributed by atoms with Crippen molar-refractivity contribution in [2.45, 2.75) is 13.0 Å². The van der Waals surface area contributed by atoms with E-state index in [1.54, 1.807) is 13.3 Å². The molecule has 0 saturated heterocycles.